The van der Waals surface area contributed by atoms with E-state index in [0.717, 1.165) is 6.07 Å². The van der Waals surface area contributed by atoms with Crippen molar-refractivity contribution in [2.45, 2.75) is 75.0 Å². The molecule has 3 fully saturated rings. The molecular formula is C65H62Br2ClF9N12O11S3. The van der Waals surface area contributed by atoms with Crippen molar-refractivity contribution in [3.05, 3.63) is 186 Å². The van der Waals surface area contributed by atoms with Crippen LogP contribution in [0.1, 0.15) is 70.6 Å². The van der Waals surface area contributed by atoms with Crippen molar-refractivity contribution in [2.75, 3.05) is 85.3 Å². The van der Waals surface area contributed by atoms with Gasteiger partial charge in [0.05, 0.1) is 56.2 Å². The molecule has 3 aromatic heterocycles. The van der Waals surface area contributed by atoms with Crippen molar-refractivity contribution in [1.29, 1.82) is 0 Å². The van der Waals surface area contributed by atoms with E-state index >= 15 is 0 Å². The van der Waals surface area contributed by atoms with Gasteiger partial charge in [-0.25, -0.2) is 73.6 Å². The number of nitrogens with zero attached hydrogens (tertiary/aromatic N) is 9. The first-order valence-corrected chi connectivity index (χ1v) is 35.9. The molecule has 12 rings (SSSR count). The van der Waals surface area contributed by atoms with Crippen molar-refractivity contribution < 1.29 is 93.0 Å². The molecule has 3 unspecified atom stereocenters. The van der Waals surface area contributed by atoms with E-state index in [1.54, 1.807) is 55.5 Å². The summed E-state index contributed by atoms with van der Waals surface area (Å²) < 4.78 is 148. The molecule has 0 aliphatic carbocycles. The van der Waals surface area contributed by atoms with Gasteiger partial charge in [-0.2, -0.15) is 0 Å². The quantitative estimate of drug-likeness (QED) is 0.0222. The smallest absolute Gasteiger partial charge is 0.338 e. The Kier molecular flexibility index (Phi) is 25.5. The fourth-order valence-electron chi connectivity index (χ4n) is 11.6. The predicted molar refractivity (Wildman–Crippen MR) is 368 cm³/mol. The maximum absolute atomic E-state index is 14.6. The van der Waals surface area contributed by atoms with Gasteiger partial charge in [-0.1, -0.05) is 61.7 Å². The topological polar surface area (TPSA) is 287 Å². The molecule has 9 heterocycles. The van der Waals surface area contributed by atoms with Crippen LogP contribution in [0.4, 0.5) is 39.5 Å². The normalized spacial score (nSPS) is 22.3. The highest BCUT2D eigenvalue weighted by Crippen LogP contribution is 2.42. The van der Waals surface area contributed by atoms with Gasteiger partial charge in [0.25, 0.3) is 17.8 Å². The van der Waals surface area contributed by atoms with Gasteiger partial charge >= 0.3 is 23.9 Å². The van der Waals surface area contributed by atoms with E-state index in [9.17, 15) is 68.9 Å². The summed E-state index contributed by atoms with van der Waals surface area (Å²) >= 11 is 16.9. The molecule has 0 saturated carbocycles. The molecule has 6 N–H and O–H groups in total. The van der Waals surface area contributed by atoms with Gasteiger partial charge in [-0.15, -0.1) is 34.0 Å². The average Bonchev–Trinajstić information content (AvgIpc) is 1.73. The number of hydrogen-bond acceptors (Lipinski definition) is 25. The molecular weight excluding hydrogens is 1590 g/mol. The highest BCUT2D eigenvalue weighted by Gasteiger charge is 2.52. The van der Waals surface area contributed by atoms with Crippen molar-refractivity contribution in [1.82, 2.24) is 45.6 Å². The van der Waals surface area contributed by atoms with Crippen molar-refractivity contribution in [2.24, 2.45) is 15.0 Å². The number of likely N-dealkylation sites (tertiary alicyclic amines) is 3. The number of aliphatic hydroxyl groups excluding tert-OH is 2. The van der Waals surface area contributed by atoms with E-state index in [-0.39, 0.29) is 92.4 Å². The molecule has 6 aromatic rings. The number of nitrogens with one attached hydrogen (secondary N) is 3. The van der Waals surface area contributed by atoms with E-state index < -0.39 is 122 Å². The number of alkyl halides is 6. The molecule has 0 amide bonds. The van der Waals surface area contributed by atoms with Gasteiger partial charge < -0.3 is 50.2 Å². The number of rotatable bonds is 21. The minimum absolute atomic E-state index is 0.0186. The van der Waals surface area contributed by atoms with Gasteiger partial charge in [-0.3, -0.25) is 29.7 Å². The van der Waals surface area contributed by atoms with Gasteiger partial charge in [0.15, 0.2) is 32.5 Å². The molecule has 550 valence electrons. The Bertz CT molecular complexity index is 4140. The summed E-state index contributed by atoms with van der Waals surface area (Å²) in [5.74, 6) is -13.9. The van der Waals surface area contributed by atoms with Gasteiger partial charge in [0.2, 0.25) is 0 Å². The number of ether oxygens (including phenoxy) is 4. The van der Waals surface area contributed by atoms with Crippen LogP contribution in [0.5, 0.6) is 0 Å². The summed E-state index contributed by atoms with van der Waals surface area (Å²) in [7, 11) is 0. The number of β-amino-alcohol motifs (C(OH)–C–C–N with tert-alkyl or cyclic N) is 2. The lowest BCUT2D eigenvalue weighted by Gasteiger charge is -2.29. The molecule has 0 radical (unpaired) electrons. The van der Waals surface area contributed by atoms with E-state index in [2.05, 4.69) is 77.7 Å². The minimum Gasteiger partial charge on any atom is -0.480 e. The number of amidine groups is 3. The Labute approximate surface area is 615 Å². The minimum atomic E-state index is -3.32. The second kappa shape index (κ2) is 33.7. The number of aromatic nitrogens is 3. The van der Waals surface area contributed by atoms with Crippen molar-refractivity contribution in [3.63, 3.8) is 0 Å². The Morgan fingerprint density at radius 1 is 0.544 bits per heavy atom. The number of aliphatic imine (C=N–C) groups is 3. The number of benzene rings is 3. The number of carboxylic acids is 1. The Balaban J connectivity index is 0.000000166. The number of carboxylic acid groups (broad SMARTS) is 1. The van der Waals surface area contributed by atoms with Gasteiger partial charge in [-0.05, 0) is 68.3 Å². The number of aliphatic carboxylic acids is 1. The molecule has 3 saturated heterocycles. The maximum Gasteiger partial charge on any atom is 0.338 e. The molecule has 6 aliphatic heterocycles. The zero-order valence-corrected chi connectivity index (χ0v) is 60.6. The number of carbonyl (C=O) groups excluding carboxylic acids is 3. The number of thiazole rings is 3. The Morgan fingerprint density at radius 3 is 1.19 bits per heavy atom. The van der Waals surface area contributed by atoms with E-state index in [0.29, 0.717) is 63.7 Å². The fraction of sp³-hybridized carbons (Fsp3) is 0.385. The van der Waals surface area contributed by atoms with Crippen LogP contribution in [-0.4, -0.2) is 208 Å². The van der Waals surface area contributed by atoms with E-state index in [1.165, 1.54) is 97.2 Å². The Hall–Kier alpha value is -7.56. The van der Waals surface area contributed by atoms with Gasteiger partial charge in [0, 0.05) is 111 Å². The van der Waals surface area contributed by atoms with Crippen molar-refractivity contribution >= 4 is 119 Å². The molecule has 23 nitrogen and oxygen atoms in total. The fourth-order valence-corrected chi connectivity index (χ4v) is 14.8. The lowest BCUT2D eigenvalue weighted by atomic mass is 9.95. The Morgan fingerprint density at radius 2 is 0.883 bits per heavy atom. The number of hydrogen-bond donors (Lipinski definition) is 6. The highest BCUT2D eigenvalue weighted by atomic mass is 79.9. The molecule has 6 atom stereocenters. The molecule has 0 spiro atoms. The number of esters is 3. The van der Waals surface area contributed by atoms with Crippen LogP contribution < -0.4 is 16.0 Å². The van der Waals surface area contributed by atoms with Crippen LogP contribution in [0.3, 0.4) is 0 Å². The van der Waals surface area contributed by atoms with Crippen LogP contribution in [0.15, 0.2) is 147 Å². The first-order valence-electron chi connectivity index (χ1n) is 31.3. The van der Waals surface area contributed by atoms with Crippen LogP contribution in [-0.2, 0) is 38.1 Å². The third-order valence-electron chi connectivity index (χ3n) is 16.1. The third kappa shape index (κ3) is 18.8. The summed E-state index contributed by atoms with van der Waals surface area (Å²) in [4.78, 5) is 80.7. The maximum atomic E-state index is 14.6. The summed E-state index contributed by atoms with van der Waals surface area (Å²) in [6, 6.07) is 8.85. The zero-order valence-electron chi connectivity index (χ0n) is 54.2. The predicted octanol–water partition coefficient (Wildman–Crippen LogP) is 9.79. The molecule has 3 aromatic carbocycles. The van der Waals surface area contributed by atoms with E-state index in [1.807, 2.05) is 0 Å². The molecule has 103 heavy (non-hydrogen) atoms. The number of carbonyl (C=O) groups is 4. The number of aliphatic hydroxyl groups is 2. The summed E-state index contributed by atoms with van der Waals surface area (Å²) in [6.07, 6.45) is -0.514. The zero-order chi connectivity index (χ0) is 74.2. The SMILES string of the molecule is CCOC(=O)C1=C(CN2CC(O)C(F)(F)C2)NC(c2nccs2)=N[C@H]1c1ccc(F)cc1Br.CCOC(=O)C1=C(CN2CC(O)C(F)(F)C2)NC(c2nccs2)=N[C@H]1c1ccc(F)cc1Br.CCOC(=O)C1=C(CN2CC(OCC(=O)O)C(F)(F)C2)NC(c2nccs2)=N[C@H]1c1ccc(F)cc1Cl. The van der Waals surface area contributed by atoms with Gasteiger partial charge in [0.1, 0.15) is 60.5 Å². The summed E-state index contributed by atoms with van der Waals surface area (Å²) in [5, 5.41) is 44.2. The lowest BCUT2D eigenvalue weighted by Crippen LogP contribution is -2.39. The summed E-state index contributed by atoms with van der Waals surface area (Å²) in [6.45, 7) is 1.08. The van der Waals surface area contributed by atoms with Crippen LogP contribution in [0, 0.1) is 17.5 Å². The standard InChI is InChI=1S/C23H22ClF3N4O5S.2C21H20BrF3N4O3S/c1-2-35-22(34)18-15(8-31-9-16(23(26,27)11-31)36-10-17(32)33)29-20(21-28-5-6-37-21)30-19(18)13-4-3-12(25)7-14(13)24;2*1-2-32-20(31)16-14(8-29-9-15(30)21(24,25)10-29)27-18(19-26-5-6-33-19)28-17(16)12-4-3-11(23)7-13(12)22/h3-7,16,19H,2,8-11H2,1H3,(H,29,30)(H,32,33);2*3-7,15,17,30H,2,8-10H2,1H3,(H,27,28)/t16?,19-;2*15?,17-/m000/s1. The van der Waals surface area contributed by atoms with Crippen LogP contribution in [0.2, 0.25) is 5.02 Å². The number of halogens is 12. The monoisotopic (exact) mass is 1650 g/mol. The molecule has 6 aliphatic rings. The van der Waals surface area contributed by atoms with Crippen LogP contribution in [0.25, 0.3) is 0 Å². The lowest BCUT2D eigenvalue weighted by molar-refractivity contribution is -0.152. The van der Waals surface area contributed by atoms with Crippen molar-refractivity contribution in [3.8, 4) is 0 Å². The first-order chi connectivity index (χ1) is 49.0. The second-order valence-corrected chi connectivity index (χ2v) is 28.2. The largest absolute Gasteiger partial charge is 0.480 e. The summed E-state index contributed by atoms with van der Waals surface area (Å²) in [5.41, 5.74) is 2.41. The second-order valence-electron chi connectivity index (χ2n) is 23.4. The molecule has 0 bridgehead atoms. The molecule has 38 heteroatoms. The first kappa shape index (κ1) is 78.0. The van der Waals surface area contributed by atoms with Crippen LogP contribution >= 0.6 is 77.5 Å². The average molecular weight is 1650 g/mol. The third-order valence-corrected chi connectivity index (χ3v) is 20.2. The van der Waals surface area contributed by atoms with E-state index in [4.69, 9.17) is 35.7 Å². The highest BCUT2D eigenvalue weighted by molar-refractivity contribution is 9.10.